The number of nitrogens with zero attached hydrogens (tertiary/aromatic N) is 2. The highest BCUT2D eigenvalue weighted by Gasteiger charge is 2.22. The summed E-state index contributed by atoms with van der Waals surface area (Å²) in [6.45, 7) is 3.88. The molecule has 0 saturated carbocycles. The van der Waals surface area contributed by atoms with Crippen LogP contribution in [0.4, 0.5) is 9.52 Å². The average molecular weight is 325 g/mol. The fourth-order valence-corrected chi connectivity index (χ4v) is 3.90. The predicted molar refractivity (Wildman–Crippen MR) is 78.1 cm³/mol. The number of hydrogen-bond acceptors (Lipinski definition) is 5. The van der Waals surface area contributed by atoms with Crippen LogP contribution >= 0.6 is 11.3 Å². The molecule has 1 aromatic carbocycles. The van der Waals surface area contributed by atoms with Crippen LogP contribution in [0.2, 0.25) is 0 Å². The Kier molecular flexibility index (Phi) is 4.25. The van der Waals surface area contributed by atoms with Crippen molar-refractivity contribution in [2.75, 3.05) is 4.72 Å². The summed E-state index contributed by atoms with van der Waals surface area (Å²) in [5, 5.41) is 10.8. The maximum Gasteiger partial charge on any atom is 0.265 e. The van der Waals surface area contributed by atoms with Gasteiger partial charge in [0.1, 0.15) is 22.3 Å². The molecule has 0 atom stereocenters. The van der Waals surface area contributed by atoms with Crippen molar-refractivity contribution < 1.29 is 12.8 Å². The zero-order valence-electron chi connectivity index (χ0n) is 11.3. The lowest BCUT2D eigenvalue weighted by molar-refractivity contribution is 0.593. The molecule has 1 aromatic heterocycles. The first kappa shape index (κ1) is 15.4. The number of sulfonamides is 1. The fraction of sp³-hybridized carbons (Fsp3) is 0.231. The van der Waals surface area contributed by atoms with Crippen molar-refractivity contribution in [2.45, 2.75) is 24.7 Å². The number of halogens is 1. The molecule has 8 heteroatoms. The topological polar surface area (TPSA) is 82.9 Å². The first-order valence-corrected chi connectivity index (χ1v) is 8.38. The van der Waals surface area contributed by atoms with Gasteiger partial charge in [0.15, 0.2) is 5.13 Å². The van der Waals surface area contributed by atoms with Crippen molar-refractivity contribution in [3.05, 3.63) is 40.7 Å². The van der Waals surface area contributed by atoms with Crippen molar-refractivity contribution in [1.29, 1.82) is 5.26 Å². The van der Waals surface area contributed by atoms with Gasteiger partial charge in [-0.15, -0.1) is 11.3 Å². The molecule has 0 radical (unpaired) electrons. The zero-order valence-corrected chi connectivity index (χ0v) is 12.9. The molecule has 0 aliphatic rings. The molecule has 0 amide bonds. The van der Waals surface area contributed by atoms with Gasteiger partial charge in [-0.3, -0.25) is 4.72 Å². The van der Waals surface area contributed by atoms with E-state index >= 15 is 0 Å². The molecule has 1 N–H and O–H groups in total. The van der Waals surface area contributed by atoms with Crippen LogP contribution in [0.5, 0.6) is 0 Å². The first-order valence-electron chi connectivity index (χ1n) is 6.02. The van der Waals surface area contributed by atoms with Crippen molar-refractivity contribution in [1.82, 2.24) is 4.98 Å². The number of anilines is 1. The highest BCUT2D eigenvalue weighted by Crippen LogP contribution is 2.25. The number of nitrogens with one attached hydrogen (secondary N) is 1. The van der Waals surface area contributed by atoms with Gasteiger partial charge in [0, 0.05) is 5.38 Å². The lowest BCUT2D eigenvalue weighted by atomic mass is 10.2. The Bertz CT molecular complexity index is 807. The molecule has 110 valence electrons. The van der Waals surface area contributed by atoms with Crippen LogP contribution in [-0.2, 0) is 10.0 Å². The highest BCUT2D eigenvalue weighted by molar-refractivity contribution is 7.93. The Balaban J connectivity index is 2.39. The third-order valence-electron chi connectivity index (χ3n) is 2.71. The van der Waals surface area contributed by atoms with E-state index in [1.54, 1.807) is 11.4 Å². The molecule has 0 fully saturated rings. The van der Waals surface area contributed by atoms with Crippen LogP contribution in [0.1, 0.15) is 31.0 Å². The second-order valence-corrected chi connectivity index (χ2v) is 7.07. The van der Waals surface area contributed by atoms with Gasteiger partial charge < -0.3 is 0 Å². The van der Waals surface area contributed by atoms with Gasteiger partial charge in [-0.25, -0.2) is 17.8 Å². The summed E-state index contributed by atoms with van der Waals surface area (Å²) < 4.78 is 40.3. The van der Waals surface area contributed by atoms with Crippen molar-refractivity contribution in [2.24, 2.45) is 0 Å². The normalized spacial score (nSPS) is 11.4. The second kappa shape index (κ2) is 5.79. The average Bonchev–Trinajstić information content (AvgIpc) is 2.86. The number of aromatic nitrogens is 1. The molecule has 0 saturated heterocycles. The third kappa shape index (κ3) is 3.20. The van der Waals surface area contributed by atoms with Crippen molar-refractivity contribution >= 4 is 26.5 Å². The lowest BCUT2D eigenvalue weighted by Crippen LogP contribution is -2.15. The first-order chi connectivity index (χ1) is 9.85. The molecule has 5 nitrogen and oxygen atoms in total. The maximum absolute atomic E-state index is 13.5. The molecular formula is C13H12FN3O2S2. The quantitative estimate of drug-likeness (QED) is 0.936. The molecule has 0 bridgehead atoms. The van der Waals surface area contributed by atoms with Gasteiger partial charge in [0.25, 0.3) is 10.0 Å². The largest absolute Gasteiger partial charge is 0.265 e. The highest BCUT2D eigenvalue weighted by atomic mass is 32.2. The van der Waals surface area contributed by atoms with Crippen LogP contribution in [0.15, 0.2) is 28.5 Å². The van der Waals surface area contributed by atoms with Gasteiger partial charge in [-0.05, 0) is 18.1 Å². The Morgan fingerprint density at radius 1 is 1.43 bits per heavy atom. The number of hydrogen-bond donors (Lipinski definition) is 1. The van der Waals surface area contributed by atoms with E-state index in [1.807, 2.05) is 13.8 Å². The molecule has 0 unspecified atom stereocenters. The standard InChI is InChI=1S/C13H12FN3O2S2/c1-8(2)11-7-20-13(16-11)17-21(18,19)12-5-3-4-10(14)9(12)6-15/h3-5,7-8H,1-2H3,(H,16,17). The van der Waals surface area contributed by atoms with Gasteiger partial charge >= 0.3 is 0 Å². The minimum atomic E-state index is -4.06. The Labute approximate surface area is 126 Å². The van der Waals surface area contributed by atoms with Crippen molar-refractivity contribution in [3.8, 4) is 6.07 Å². The van der Waals surface area contributed by atoms with Crippen LogP contribution in [0.25, 0.3) is 0 Å². The molecule has 2 rings (SSSR count). The van der Waals surface area contributed by atoms with E-state index in [0.29, 0.717) is 0 Å². The van der Waals surface area contributed by atoms with Crippen LogP contribution < -0.4 is 4.72 Å². The molecule has 21 heavy (non-hydrogen) atoms. The molecule has 0 aliphatic carbocycles. The third-order valence-corrected chi connectivity index (χ3v) is 5.00. The molecule has 2 aromatic rings. The summed E-state index contributed by atoms with van der Waals surface area (Å²) in [4.78, 5) is 3.75. The summed E-state index contributed by atoms with van der Waals surface area (Å²) >= 11 is 1.14. The predicted octanol–water partition coefficient (Wildman–Crippen LogP) is 3.08. The number of nitriles is 1. The summed E-state index contributed by atoms with van der Waals surface area (Å²) in [5.41, 5.74) is 0.253. The van der Waals surface area contributed by atoms with E-state index in [2.05, 4.69) is 9.71 Å². The van der Waals surface area contributed by atoms with Crippen molar-refractivity contribution in [3.63, 3.8) is 0 Å². The van der Waals surface area contributed by atoms with E-state index in [0.717, 1.165) is 23.1 Å². The van der Waals surface area contributed by atoms with Gasteiger partial charge in [-0.2, -0.15) is 5.26 Å². The fourth-order valence-electron chi connectivity index (χ4n) is 1.60. The maximum atomic E-state index is 13.5. The van der Waals surface area contributed by atoms with E-state index in [9.17, 15) is 12.8 Å². The molecule has 1 heterocycles. The van der Waals surface area contributed by atoms with Crippen LogP contribution in [0, 0.1) is 17.1 Å². The van der Waals surface area contributed by atoms with E-state index < -0.39 is 26.3 Å². The SMILES string of the molecule is CC(C)c1csc(NS(=O)(=O)c2cccc(F)c2C#N)n1. The second-order valence-electron chi connectivity index (χ2n) is 4.56. The number of benzene rings is 1. The van der Waals surface area contributed by atoms with Crippen LogP contribution in [-0.4, -0.2) is 13.4 Å². The zero-order chi connectivity index (χ0) is 15.6. The molecular weight excluding hydrogens is 313 g/mol. The Morgan fingerprint density at radius 2 is 2.14 bits per heavy atom. The monoisotopic (exact) mass is 325 g/mol. The number of thiazole rings is 1. The summed E-state index contributed by atoms with van der Waals surface area (Å²) in [6, 6.07) is 5.03. The number of rotatable bonds is 4. The van der Waals surface area contributed by atoms with E-state index in [4.69, 9.17) is 5.26 Å². The summed E-state index contributed by atoms with van der Waals surface area (Å²) in [6.07, 6.45) is 0. The van der Waals surface area contributed by atoms with Gasteiger partial charge in [-0.1, -0.05) is 19.9 Å². The minimum Gasteiger partial charge on any atom is -0.255 e. The minimum absolute atomic E-state index is 0.170. The van der Waals surface area contributed by atoms with Gasteiger partial charge in [0.2, 0.25) is 0 Å². The lowest BCUT2D eigenvalue weighted by Gasteiger charge is -2.07. The van der Waals surface area contributed by atoms with Gasteiger partial charge in [0.05, 0.1) is 5.69 Å². The van der Waals surface area contributed by atoms with E-state index in [1.165, 1.54) is 12.1 Å². The summed E-state index contributed by atoms with van der Waals surface area (Å²) in [5.74, 6) is -0.703. The molecule has 0 aliphatic heterocycles. The molecule has 0 spiro atoms. The van der Waals surface area contributed by atoms with Crippen LogP contribution in [0.3, 0.4) is 0 Å². The summed E-state index contributed by atoms with van der Waals surface area (Å²) in [7, 11) is -4.06. The Hall–Kier alpha value is -1.98. The Morgan fingerprint density at radius 3 is 2.71 bits per heavy atom. The smallest absolute Gasteiger partial charge is 0.255 e. The van der Waals surface area contributed by atoms with E-state index in [-0.39, 0.29) is 11.0 Å².